The highest BCUT2D eigenvalue weighted by molar-refractivity contribution is 6.92. The molecule has 0 bridgehead atoms. The summed E-state index contributed by atoms with van der Waals surface area (Å²) in [5.41, 5.74) is 0. The Hall–Kier alpha value is -3.00. The topological polar surface area (TPSA) is 71.1 Å². The average Bonchev–Trinajstić information content (AvgIpc) is 2.87. The summed E-state index contributed by atoms with van der Waals surface area (Å²) in [6.45, 7) is 8.38. The third-order valence-corrected chi connectivity index (χ3v) is 8.23. The molecule has 0 heterocycles. The first-order chi connectivity index (χ1) is 16.1. The van der Waals surface area contributed by atoms with E-state index < -0.39 is 20.5 Å². The van der Waals surface area contributed by atoms with E-state index in [2.05, 4.69) is 13.2 Å². The lowest BCUT2D eigenvalue weighted by molar-refractivity contribution is -0.138. The molecular weight excluding hydrogens is 436 g/mol. The standard InChI is InChI=1S/C26H32O6Si/c1-3-25(27)29-19-11-13-21-31-33(23-15-7-5-8-16-23,24-17-9-6-10-18-24)32-22-14-12-20-30-26(28)4-2/h3-10,15-18H,1-2,11-14,19-22H2. The molecule has 0 atom stereocenters. The molecule has 0 amide bonds. The van der Waals surface area contributed by atoms with Crippen LogP contribution in [0.3, 0.4) is 0 Å². The number of carbonyl (C=O) groups excluding carboxylic acids is 2. The molecule has 33 heavy (non-hydrogen) atoms. The predicted octanol–water partition coefficient (Wildman–Crippen LogP) is 3.30. The van der Waals surface area contributed by atoms with Gasteiger partial charge in [0, 0.05) is 25.4 Å². The molecule has 2 rings (SSSR count). The van der Waals surface area contributed by atoms with Gasteiger partial charge in [-0.05, 0) is 36.1 Å². The van der Waals surface area contributed by atoms with E-state index in [-0.39, 0.29) is 0 Å². The summed E-state index contributed by atoms with van der Waals surface area (Å²) in [4.78, 5) is 22.4. The van der Waals surface area contributed by atoms with Crippen LogP contribution in [0.2, 0.25) is 0 Å². The van der Waals surface area contributed by atoms with Crippen LogP contribution in [0.15, 0.2) is 86.0 Å². The Morgan fingerprint density at radius 2 is 1.00 bits per heavy atom. The molecule has 6 nitrogen and oxygen atoms in total. The van der Waals surface area contributed by atoms with Gasteiger partial charge in [-0.1, -0.05) is 73.8 Å². The molecule has 7 heteroatoms. The second-order valence-corrected chi connectivity index (χ2v) is 10.2. The second kappa shape index (κ2) is 14.9. The van der Waals surface area contributed by atoms with Crippen LogP contribution >= 0.6 is 0 Å². The molecule has 0 saturated heterocycles. The molecule has 0 unspecified atom stereocenters. The Labute approximate surface area is 197 Å². The van der Waals surface area contributed by atoms with Gasteiger partial charge in [-0.2, -0.15) is 0 Å². The quantitative estimate of drug-likeness (QED) is 0.163. The molecule has 0 aliphatic heterocycles. The van der Waals surface area contributed by atoms with Gasteiger partial charge in [0.1, 0.15) is 0 Å². The summed E-state index contributed by atoms with van der Waals surface area (Å²) >= 11 is 0. The number of rotatable bonds is 16. The average molecular weight is 469 g/mol. The number of hydrogen-bond donors (Lipinski definition) is 0. The zero-order valence-corrected chi connectivity index (χ0v) is 19.9. The monoisotopic (exact) mass is 468 g/mol. The van der Waals surface area contributed by atoms with E-state index in [1.807, 2.05) is 60.7 Å². The lowest BCUT2D eigenvalue weighted by Crippen LogP contribution is -2.63. The fourth-order valence-electron chi connectivity index (χ4n) is 3.16. The number of ether oxygens (including phenoxy) is 2. The number of carbonyl (C=O) groups is 2. The van der Waals surface area contributed by atoms with Gasteiger partial charge in [0.25, 0.3) is 0 Å². The van der Waals surface area contributed by atoms with Gasteiger partial charge in [0.2, 0.25) is 0 Å². The van der Waals surface area contributed by atoms with Crippen LogP contribution in [0.4, 0.5) is 0 Å². The van der Waals surface area contributed by atoms with Gasteiger partial charge in [-0.15, -0.1) is 0 Å². The maximum absolute atomic E-state index is 11.2. The Balaban J connectivity index is 2.07. The number of hydrogen-bond acceptors (Lipinski definition) is 6. The van der Waals surface area contributed by atoms with Crippen LogP contribution in [-0.2, 0) is 27.9 Å². The number of esters is 2. The summed E-state index contributed by atoms with van der Waals surface area (Å²) < 4.78 is 23.2. The third kappa shape index (κ3) is 8.80. The maximum Gasteiger partial charge on any atom is 0.407 e. The highest BCUT2D eigenvalue weighted by atomic mass is 28.4. The molecule has 176 valence electrons. The fourth-order valence-corrected chi connectivity index (χ4v) is 6.37. The minimum Gasteiger partial charge on any atom is -0.463 e. The molecule has 0 N–H and O–H groups in total. The predicted molar refractivity (Wildman–Crippen MR) is 131 cm³/mol. The molecule has 0 aliphatic carbocycles. The Morgan fingerprint density at radius 3 is 1.36 bits per heavy atom. The van der Waals surface area contributed by atoms with Crippen molar-refractivity contribution in [1.29, 1.82) is 0 Å². The molecule has 0 radical (unpaired) electrons. The molecule has 0 spiro atoms. The zero-order chi connectivity index (χ0) is 23.8. The third-order valence-electron chi connectivity index (χ3n) is 4.82. The van der Waals surface area contributed by atoms with Crippen molar-refractivity contribution in [3.8, 4) is 0 Å². The van der Waals surface area contributed by atoms with Crippen molar-refractivity contribution < 1.29 is 27.9 Å². The zero-order valence-electron chi connectivity index (χ0n) is 18.9. The largest absolute Gasteiger partial charge is 0.463 e. The van der Waals surface area contributed by atoms with Crippen LogP contribution < -0.4 is 10.4 Å². The Morgan fingerprint density at radius 1 is 0.636 bits per heavy atom. The first kappa shape index (κ1) is 26.3. The van der Waals surface area contributed by atoms with Crippen LogP contribution in [0.25, 0.3) is 0 Å². The molecule has 2 aromatic carbocycles. The molecule has 2 aromatic rings. The summed E-state index contributed by atoms with van der Waals surface area (Å²) in [5, 5.41) is 2.04. The minimum absolute atomic E-state index is 0.323. The molecule has 0 fully saturated rings. The van der Waals surface area contributed by atoms with E-state index in [1.54, 1.807) is 0 Å². The lowest BCUT2D eigenvalue weighted by atomic mass is 10.3. The van der Waals surface area contributed by atoms with Gasteiger partial charge in [0.05, 0.1) is 13.2 Å². The first-order valence-corrected chi connectivity index (χ1v) is 12.9. The van der Waals surface area contributed by atoms with E-state index in [0.29, 0.717) is 39.3 Å². The van der Waals surface area contributed by atoms with Gasteiger partial charge >= 0.3 is 20.5 Å². The van der Waals surface area contributed by atoms with Crippen molar-refractivity contribution in [2.45, 2.75) is 25.7 Å². The van der Waals surface area contributed by atoms with Crippen LogP contribution in [0.1, 0.15) is 25.7 Å². The van der Waals surface area contributed by atoms with Gasteiger partial charge in [-0.25, -0.2) is 9.59 Å². The van der Waals surface area contributed by atoms with E-state index in [4.69, 9.17) is 18.3 Å². The second-order valence-electron chi connectivity index (χ2n) is 7.20. The van der Waals surface area contributed by atoms with Gasteiger partial charge in [0.15, 0.2) is 0 Å². The van der Waals surface area contributed by atoms with Crippen LogP contribution in [0, 0.1) is 0 Å². The van der Waals surface area contributed by atoms with Crippen molar-refractivity contribution in [3.05, 3.63) is 86.0 Å². The maximum atomic E-state index is 11.2. The van der Waals surface area contributed by atoms with E-state index in [0.717, 1.165) is 35.4 Å². The van der Waals surface area contributed by atoms with E-state index >= 15 is 0 Å². The van der Waals surface area contributed by atoms with Crippen LogP contribution in [0.5, 0.6) is 0 Å². The highest BCUT2D eigenvalue weighted by Crippen LogP contribution is 2.13. The molecule has 0 aliphatic rings. The van der Waals surface area contributed by atoms with Crippen molar-refractivity contribution in [2.24, 2.45) is 0 Å². The van der Waals surface area contributed by atoms with Crippen molar-refractivity contribution in [1.82, 2.24) is 0 Å². The Kier molecular flexibility index (Phi) is 11.9. The first-order valence-electron chi connectivity index (χ1n) is 11.1. The number of benzene rings is 2. The smallest absolute Gasteiger partial charge is 0.407 e. The molecule has 0 saturated carbocycles. The number of unbranched alkanes of at least 4 members (excludes halogenated alkanes) is 2. The summed E-state index contributed by atoms with van der Waals surface area (Å²) in [5.74, 6) is -0.842. The molecule has 0 aromatic heterocycles. The summed E-state index contributed by atoms with van der Waals surface area (Å²) in [6.07, 6.45) is 5.13. The SMILES string of the molecule is C=CC(=O)OCCCCO[Si](OCCCCOC(=O)C=C)(c1ccccc1)c1ccccc1. The minimum atomic E-state index is -2.97. The highest BCUT2D eigenvalue weighted by Gasteiger charge is 2.42. The normalized spacial score (nSPS) is 10.9. The summed E-state index contributed by atoms with van der Waals surface area (Å²) in [7, 11) is -2.97. The lowest BCUT2D eigenvalue weighted by Gasteiger charge is -2.31. The molecular formula is C26H32O6Si. The van der Waals surface area contributed by atoms with Crippen molar-refractivity contribution >= 4 is 30.9 Å². The van der Waals surface area contributed by atoms with Crippen LogP contribution in [-0.4, -0.2) is 46.9 Å². The van der Waals surface area contributed by atoms with Crippen molar-refractivity contribution in [2.75, 3.05) is 26.4 Å². The fraction of sp³-hybridized carbons (Fsp3) is 0.308. The summed E-state index contributed by atoms with van der Waals surface area (Å²) in [6, 6.07) is 20.0. The van der Waals surface area contributed by atoms with E-state index in [1.165, 1.54) is 0 Å². The Bertz CT molecular complexity index is 795. The van der Waals surface area contributed by atoms with Gasteiger partial charge < -0.3 is 18.3 Å². The van der Waals surface area contributed by atoms with E-state index in [9.17, 15) is 9.59 Å². The van der Waals surface area contributed by atoms with Crippen molar-refractivity contribution in [3.63, 3.8) is 0 Å². The van der Waals surface area contributed by atoms with Gasteiger partial charge in [-0.3, -0.25) is 0 Å².